The first kappa shape index (κ1) is 14.3. The Morgan fingerprint density at radius 2 is 2.29 bits per heavy atom. The summed E-state index contributed by atoms with van der Waals surface area (Å²) in [4.78, 5) is 17.7. The van der Waals surface area contributed by atoms with E-state index in [2.05, 4.69) is 4.98 Å². The van der Waals surface area contributed by atoms with Crippen LogP contribution in [0.3, 0.4) is 0 Å². The molecule has 1 aliphatic rings. The molecule has 0 amide bonds. The molecule has 0 aromatic carbocycles. The fourth-order valence-electron chi connectivity index (χ4n) is 2.86. The van der Waals surface area contributed by atoms with Crippen LogP contribution in [-0.4, -0.2) is 33.5 Å². The Kier molecular flexibility index (Phi) is 4.36. The standard InChI is InChI=1S/C15H18N2O3S/c18-14(19)9-17(12-4-1-2-5-12)8-11-10-21-15(16-11)13-6-3-7-20-13/h3,6-7,10,12H,1-2,4-5,8-9H2,(H,18,19). The molecule has 0 atom stereocenters. The molecule has 21 heavy (non-hydrogen) atoms. The van der Waals surface area contributed by atoms with E-state index >= 15 is 0 Å². The van der Waals surface area contributed by atoms with Gasteiger partial charge in [0.25, 0.3) is 0 Å². The summed E-state index contributed by atoms with van der Waals surface area (Å²) in [6.07, 6.45) is 6.18. The largest absolute Gasteiger partial charge is 0.480 e. The first-order chi connectivity index (χ1) is 10.2. The van der Waals surface area contributed by atoms with Crippen molar-refractivity contribution in [2.45, 2.75) is 38.3 Å². The van der Waals surface area contributed by atoms with Gasteiger partial charge < -0.3 is 9.52 Å². The molecule has 1 fully saturated rings. The summed E-state index contributed by atoms with van der Waals surface area (Å²) in [6.45, 7) is 0.673. The molecule has 112 valence electrons. The normalized spacial score (nSPS) is 15.9. The lowest BCUT2D eigenvalue weighted by Gasteiger charge is -2.26. The van der Waals surface area contributed by atoms with Gasteiger partial charge >= 0.3 is 5.97 Å². The van der Waals surface area contributed by atoms with E-state index in [-0.39, 0.29) is 6.54 Å². The Balaban J connectivity index is 1.71. The van der Waals surface area contributed by atoms with E-state index in [1.165, 1.54) is 24.2 Å². The minimum Gasteiger partial charge on any atom is -0.480 e. The minimum atomic E-state index is -0.775. The van der Waals surface area contributed by atoms with E-state index in [1.807, 2.05) is 22.4 Å². The lowest BCUT2D eigenvalue weighted by atomic mass is 10.2. The quantitative estimate of drug-likeness (QED) is 0.887. The Bertz CT molecular complexity index is 588. The highest BCUT2D eigenvalue weighted by atomic mass is 32.1. The molecule has 1 N–H and O–H groups in total. The second kappa shape index (κ2) is 6.41. The average molecular weight is 306 g/mol. The van der Waals surface area contributed by atoms with Crippen molar-refractivity contribution in [2.24, 2.45) is 0 Å². The Morgan fingerprint density at radius 3 is 2.95 bits per heavy atom. The number of carboxylic acid groups (broad SMARTS) is 1. The second-order valence-electron chi connectivity index (χ2n) is 5.36. The molecule has 0 saturated heterocycles. The maximum atomic E-state index is 11.1. The van der Waals surface area contributed by atoms with Crippen LogP contribution in [0.15, 0.2) is 28.2 Å². The van der Waals surface area contributed by atoms with E-state index in [9.17, 15) is 4.79 Å². The lowest BCUT2D eigenvalue weighted by Crippen LogP contribution is -2.37. The van der Waals surface area contributed by atoms with Crippen molar-refractivity contribution in [3.8, 4) is 10.8 Å². The van der Waals surface area contributed by atoms with Gasteiger partial charge in [0.05, 0.1) is 18.5 Å². The molecule has 6 heteroatoms. The zero-order chi connectivity index (χ0) is 14.7. The number of rotatable bonds is 6. The van der Waals surface area contributed by atoms with Gasteiger partial charge in [-0.05, 0) is 25.0 Å². The van der Waals surface area contributed by atoms with Gasteiger partial charge in [0.1, 0.15) is 0 Å². The van der Waals surface area contributed by atoms with Crippen LogP contribution >= 0.6 is 11.3 Å². The first-order valence-corrected chi connectivity index (χ1v) is 8.04. The van der Waals surface area contributed by atoms with Gasteiger partial charge in [-0.1, -0.05) is 12.8 Å². The molecule has 1 aliphatic carbocycles. The third-order valence-electron chi connectivity index (χ3n) is 3.83. The summed E-state index contributed by atoms with van der Waals surface area (Å²) in [7, 11) is 0. The van der Waals surface area contributed by atoms with Gasteiger partial charge in [-0.25, -0.2) is 4.98 Å². The van der Waals surface area contributed by atoms with Crippen LogP contribution in [0.2, 0.25) is 0 Å². The summed E-state index contributed by atoms with van der Waals surface area (Å²) in [5.41, 5.74) is 0.916. The molecule has 2 heterocycles. The lowest BCUT2D eigenvalue weighted by molar-refractivity contribution is -0.139. The second-order valence-corrected chi connectivity index (χ2v) is 6.22. The van der Waals surface area contributed by atoms with Crippen molar-refractivity contribution in [1.29, 1.82) is 0 Å². The SMILES string of the molecule is O=C(O)CN(Cc1csc(-c2ccco2)n1)C1CCCC1. The molecule has 0 aliphatic heterocycles. The molecule has 2 aromatic rings. The number of thiazole rings is 1. The van der Waals surface area contributed by atoms with Crippen molar-refractivity contribution >= 4 is 17.3 Å². The molecule has 0 unspecified atom stereocenters. The van der Waals surface area contributed by atoms with Crippen LogP contribution in [0.4, 0.5) is 0 Å². The number of hydrogen-bond acceptors (Lipinski definition) is 5. The first-order valence-electron chi connectivity index (χ1n) is 7.16. The summed E-state index contributed by atoms with van der Waals surface area (Å²) in [5.74, 6) is -0.0136. The van der Waals surface area contributed by atoms with Crippen LogP contribution in [0.25, 0.3) is 10.8 Å². The van der Waals surface area contributed by atoms with Crippen molar-refractivity contribution in [3.63, 3.8) is 0 Å². The summed E-state index contributed by atoms with van der Waals surface area (Å²) in [5, 5.41) is 11.9. The highest BCUT2D eigenvalue weighted by molar-refractivity contribution is 7.13. The summed E-state index contributed by atoms with van der Waals surface area (Å²) in [6, 6.07) is 4.09. The van der Waals surface area contributed by atoms with Crippen LogP contribution in [0.1, 0.15) is 31.4 Å². The Labute approximate surface area is 127 Å². The third-order valence-corrected chi connectivity index (χ3v) is 4.73. The van der Waals surface area contributed by atoms with Crippen molar-refractivity contribution < 1.29 is 14.3 Å². The van der Waals surface area contributed by atoms with E-state index in [0.717, 1.165) is 29.3 Å². The zero-order valence-electron chi connectivity index (χ0n) is 11.7. The fourth-order valence-corrected chi connectivity index (χ4v) is 3.64. The van der Waals surface area contributed by atoms with Gasteiger partial charge in [0.15, 0.2) is 10.8 Å². The molecule has 0 spiro atoms. The van der Waals surface area contributed by atoms with Gasteiger partial charge in [0.2, 0.25) is 0 Å². The summed E-state index contributed by atoms with van der Waals surface area (Å²) >= 11 is 1.53. The number of nitrogens with zero attached hydrogens (tertiary/aromatic N) is 2. The average Bonchev–Trinajstić information content (AvgIpc) is 3.20. The molecule has 5 nitrogen and oxygen atoms in total. The van der Waals surface area contributed by atoms with E-state index in [0.29, 0.717) is 12.6 Å². The number of carboxylic acids is 1. The van der Waals surface area contributed by atoms with Crippen LogP contribution < -0.4 is 0 Å². The van der Waals surface area contributed by atoms with E-state index in [4.69, 9.17) is 9.52 Å². The number of hydrogen-bond donors (Lipinski definition) is 1. The van der Waals surface area contributed by atoms with Crippen molar-refractivity contribution in [1.82, 2.24) is 9.88 Å². The number of aliphatic carboxylic acids is 1. The number of furan rings is 1. The summed E-state index contributed by atoms with van der Waals surface area (Å²) < 4.78 is 5.34. The molecule has 2 aromatic heterocycles. The number of aromatic nitrogens is 1. The number of carbonyl (C=O) groups is 1. The fraction of sp³-hybridized carbons (Fsp3) is 0.467. The van der Waals surface area contributed by atoms with E-state index in [1.54, 1.807) is 6.26 Å². The highest BCUT2D eigenvalue weighted by Gasteiger charge is 2.25. The van der Waals surface area contributed by atoms with Crippen molar-refractivity contribution in [3.05, 3.63) is 29.5 Å². The topological polar surface area (TPSA) is 66.6 Å². The smallest absolute Gasteiger partial charge is 0.317 e. The Hall–Kier alpha value is -1.66. The molecule has 0 bridgehead atoms. The molecular weight excluding hydrogens is 288 g/mol. The molecular formula is C15H18N2O3S. The zero-order valence-corrected chi connectivity index (χ0v) is 12.5. The van der Waals surface area contributed by atoms with Gasteiger partial charge in [-0.3, -0.25) is 9.69 Å². The maximum Gasteiger partial charge on any atom is 0.317 e. The highest BCUT2D eigenvalue weighted by Crippen LogP contribution is 2.27. The van der Waals surface area contributed by atoms with Gasteiger partial charge in [0, 0.05) is 18.0 Å². The Morgan fingerprint density at radius 1 is 1.48 bits per heavy atom. The maximum absolute atomic E-state index is 11.1. The predicted octanol–water partition coefficient (Wildman–Crippen LogP) is 3.23. The third kappa shape index (κ3) is 3.51. The van der Waals surface area contributed by atoms with Crippen LogP contribution in [-0.2, 0) is 11.3 Å². The monoisotopic (exact) mass is 306 g/mol. The van der Waals surface area contributed by atoms with Crippen LogP contribution in [0, 0.1) is 0 Å². The van der Waals surface area contributed by atoms with E-state index < -0.39 is 5.97 Å². The molecule has 3 rings (SSSR count). The predicted molar refractivity (Wildman–Crippen MR) is 80.1 cm³/mol. The van der Waals surface area contributed by atoms with Crippen LogP contribution in [0.5, 0.6) is 0 Å². The molecule has 0 radical (unpaired) electrons. The molecule has 1 saturated carbocycles. The van der Waals surface area contributed by atoms with Gasteiger partial charge in [-0.15, -0.1) is 11.3 Å². The minimum absolute atomic E-state index is 0.0816. The van der Waals surface area contributed by atoms with Gasteiger partial charge in [-0.2, -0.15) is 0 Å². The van der Waals surface area contributed by atoms with Crippen molar-refractivity contribution in [2.75, 3.05) is 6.54 Å².